The lowest BCUT2D eigenvalue weighted by Gasteiger charge is -2.16. The van der Waals surface area contributed by atoms with Gasteiger partial charge in [0.05, 0.1) is 28.4 Å². The molecule has 33 heavy (non-hydrogen) atoms. The van der Waals surface area contributed by atoms with Crippen molar-refractivity contribution in [2.45, 2.75) is 18.0 Å². The number of nitrogens with one attached hydrogen (secondary N) is 2. The van der Waals surface area contributed by atoms with Crippen LogP contribution >= 0.6 is 11.6 Å². The highest BCUT2D eigenvalue weighted by molar-refractivity contribution is 7.92. The summed E-state index contributed by atoms with van der Waals surface area (Å²) >= 11 is 5.91. The zero-order chi connectivity index (χ0) is 24.2. The van der Waals surface area contributed by atoms with Crippen LogP contribution in [0.3, 0.4) is 0 Å². The molecule has 3 aromatic rings. The average molecular weight is 499 g/mol. The van der Waals surface area contributed by atoms with Crippen LogP contribution in [0.1, 0.15) is 22.8 Å². The number of carbonyl (C=O) groups is 1. The second-order valence-electron chi connectivity index (χ2n) is 6.70. The van der Waals surface area contributed by atoms with Gasteiger partial charge in [-0.05, 0) is 55.5 Å². The maximum absolute atomic E-state index is 13.3. The Labute approximate surface area is 193 Å². The highest BCUT2D eigenvalue weighted by Crippen LogP contribution is 2.36. The fourth-order valence-electron chi connectivity index (χ4n) is 2.90. The van der Waals surface area contributed by atoms with Crippen molar-refractivity contribution in [1.82, 2.24) is 0 Å². The maximum atomic E-state index is 13.3. The quantitative estimate of drug-likeness (QED) is 0.430. The van der Waals surface area contributed by atoms with Gasteiger partial charge in [-0.2, -0.15) is 13.2 Å². The molecule has 174 valence electrons. The van der Waals surface area contributed by atoms with E-state index in [1.54, 1.807) is 19.1 Å². The molecule has 0 aromatic heterocycles. The second-order valence-corrected chi connectivity index (χ2v) is 8.82. The van der Waals surface area contributed by atoms with Crippen molar-refractivity contribution in [3.05, 3.63) is 82.9 Å². The molecule has 3 rings (SSSR count). The lowest BCUT2D eigenvalue weighted by atomic mass is 10.2. The second kappa shape index (κ2) is 9.72. The predicted molar refractivity (Wildman–Crippen MR) is 119 cm³/mol. The number of carbonyl (C=O) groups excluding carboxylic acids is 1. The molecule has 11 heteroatoms. The maximum Gasteiger partial charge on any atom is 0.418 e. The van der Waals surface area contributed by atoms with E-state index >= 15 is 0 Å². The molecule has 0 radical (unpaired) electrons. The van der Waals surface area contributed by atoms with Gasteiger partial charge < -0.3 is 10.1 Å². The van der Waals surface area contributed by atoms with E-state index in [9.17, 15) is 26.4 Å². The van der Waals surface area contributed by atoms with Gasteiger partial charge in [0.1, 0.15) is 5.75 Å². The number of anilines is 2. The van der Waals surface area contributed by atoms with Crippen LogP contribution in [0.5, 0.6) is 5.75 Å². The Bertz CT molecular complexity index is 1280. The van der Waals surface area contributed by atoms with Crippen LogP contribution in [0.25, 0.3) is 0 Å². The summed E-state index contributed by atoms with van der Waals surface area (Å²) in [6.07, 6.45) is -4.76. The molecule has 2 N–H and O–H groups in total. The Balaban J connectivity index is 1.96. The van der Waals surface area contributed by atoms with E-state index in [1.165, 1.54) is 30.3 Å². The van der Waals surface area contributed by atoms with Crippen LogP contribution in [-0.4, -0.2) is 20.9 Å². The van der Waals surface area contributed by atoms with E-state index in [0.717, 1.165) is 24.3 Å². The van der Waals surface area contributed by atoms with Crippen LogP contribution in [0.4, 0.5) is 24.5 Å². The third kappa shape index (κ3) is 5.96. The van der Waals surface area contributed by atoms with Gasteiger partial charge in [0, 0.05) is 10.6 Å². The summed E-state index contributed by atoms with van der Waals surface area (Å²) in [6.45, 7) is 1.92. The van der Waals surface area contributed by atoms with Gasteiger partial charge >= 0.3 is 6.18 Å². The summed E-state index contributed by atoms with van der Waals surface area (Å²) in [6, 6.07) is 13.9. The fraction of sp³-hybridized carbons (Fsp3) is 0.136. The Kier molecular flexibility index (Phi) is 7.19. The molecule has 3 aromatic carbocycles. The van der Waals surface area contributed by atoms with Gasteiger partial charge in [0.25, 0.3) is 15.9 Å². The van der Waals surface area contributed by atoms with Crippen LogP contribution in [0.2, 0.25) is 5.02 Å². The molecule has 0 saturated carbocycles. The first kappa shape index (κ1) is 24.4. The van der Waals surface area contributed by atoms with Crippen LogP contribution in [0, 0.1) is 0 Å². The number of hydrogen-bond acceptors (Lipinski definition) is 4. The molecule has 0 saturated heterocycles. The number of amides is 1. The molecular formula is C22H18ClF3N2O4S. The first-order chi connectivity index (χ1) is 15.5. The molecule has 1 amide bonds. The largest absolute Gasteiger partial charge is 0.492 e. The molecule has 0 atom stereocenters. The SMILES string of the molecule is CCOc1ccc(S(=O)(=O)Nc2ccccc2C(F)(F)F)cc1NC(=O)c1cccc(Cl)c1. The number of alkyl halides is 3. The van der Waals surface area contributed by atoms with E-state index in [0.29, 0.717) is 5.02 Å². The first-order valence-electron chi connectivity index (χ1n) is 9.54. The summed E-state index contributed by atoms with van der Waals surface area (Å²) in [5.74, 6) is -0.397. The normalized spacial score (nSPS) is 11.7. The van der Waals surface area contributed by atoms with Crippen molar-refractivity contribution < 1.29 is 31.1 Å². The number of halogens is 4. The Morgan fingerprint density at radius 3 is 2.39 bits per heavy atom. The Hall–Kier alpha value is -3.24. The van der Waals surface area contributed by atoms with Crippen molar-refractivity contribution in [1.29, 1.82) is 0 Å². The minimum absolute atomic E-state index is 0.0220. The molecule has 0 aliphatic rings. The summed E-state index contributed by atoms with van der Waals surface area (Å²) in [5.41, 5.74) is -1.51. The van der Waals surface area contributed by atoms with Crippen LogP contribution in [-0.2, 0) is 16.2 Å². The summed E-state index contributed by atoms with van der Waals surface area (Å²) in [7, 11) is -4.44. The first-order valence-corrected chi connectivity index (χ1v) is 11.4. The van der Waals surface area contributed by atoms with Gasteiger partial charge in [-0.25, -0.2) is 8.42 Å². The minimum Gasteiger partial charge on any atom is -0.492 e. The highest BCUT2D eigenvalue weighted by Gasteiger charge is 2.34. The Morgan fingerprint density at radius 2 is 1.73 bits per heavy atom. The third-order valence-electron chi connectivity index (χ3n) is 4.37. The lowest BCUT2D eigenvalue weighted by Crippen LogP contribution is -2.18. The molecular weight excluding hydrogens is 481 g/mol. The lowest BCUT2D eigenvalue weighted by molar-refractivity contribution is -0.136. The standard InChI is InChI=1S/C22H18ClF3N2O4S/c1-2-32-20-11-10-16(13-19(20)27-21(29)14-6-5-7-15(23)12-14)33(30,31)28-18-9-4-3-8-17(18)22(24,25)26/h3-13,28H,2H2,1H3,(H,27,29). The average Bonchev–Trinajstić information content (AvgIpc) is 2.74. The fourth-order valence-corrected chi connectivity index (χ4v) is 4.20. The van der Waals surface area contributed by atoms with Gasteiger partial charge in [-0.15, -0.1) is 0 Å². The van der Waals surface area contributed by atoms with Gasteiger partial charge in [0.2, 0.25) is 0 Å². The predicted octanol–water partition coefficient (Wildman–Crippen LogP) is 5.81. The Morgan fingerprint density at radius 1 is 1.00 bits per heavy atom. The number of sulfonamides is 1. The number of rotatable bonds is 7. The molecule has 0 spiro atoms. The summed E-state index contributed by atoms with van der Waals surface area (Å²) in [5, 5.41) is 2.89. The topological polar surface area (TPSA) is 84.5 Å². The molecule has 6 nitrogen and oxygen atoms in total. The number of hydrogen-bond donors (Lipinski definition) is 2. The van der Waals surface area contributed by atoms with Crippen molar-refractivity contribution >= 4 is 38.9 Å². The van der Waals surface area contributed by atoms with Gasteiger partial charge in [-0.1, -0.05) is 29.8 Å². The zero-order valence-corrected chi connectivity index (χ0v) is 18.7. The monoisotopic (exact) mass is 498 g/mol. The van der Waals surface area contributed by atoms with E-state index < -0.39 is 33.4 Å². The molecule has 0 fully saturated rings. The minimum atomic E-state index is -4.76. The van der Waals surface area contributed by atoms with Gasteiger partial charge in [-0.3, -0.25) is 9.52 Å². The third-order valence-corrected chi connectivity index (χ3v) is 5.97. The number of para-hydroxylation sites is 1. The smallest absolute Gasteiger partial charge is 0.418 e. The van der Waals surface area contributed by atoms with E-state index in [-0.39, 0.29) is 28.5 Å². The van der Waals surface area contributed by atoms with Crippen molar-refractivity contribution in [2.24, 2.45) is 0 Å². The van der Waals surface area contributed by atoms with Crippen molar-refractivity contribution in [2.75, 3.05) is 16.6 Å². The van der Waals surface area contributed by atoms with Crippen LogP contribution in [0.15, 0.2) is 71.6 Å². The van der Waals surface area contributed by atoms with Crippen LogP contribution < -0.4 is 14.8 Å². The van der Waals surface area contributed by atoms with Gasteiger partial charge in [0.15, 0.2) is 0 Å². The molecule has 0 unspecified atom stereocenters. The highest BCUT2D eigenvalue weighted by atomic mass is 35.5. The van der Waals surface area contributed by atoms with E-state index in [4.69, 9.17) is 16.3 Å². The number of ether oxygens (including phenoxy) is 1. The summed E-state index contributed by atoms with van der Waals surface area (Å²) in [4.78, 5) is 12.2. The molecule has 0 aliphatic carbocycles. The van der Waals surface area contributed by atoms with Crippen molar-refractivity contribution in [3.8, 4) is 5.75 Å². The van der Waals surface area contributed by atoms with E-state index in [1.807, 2.05) is 4.72 Å². The molecule has 0 aliphatic heterocycles. The molecule has 0 bridgehead atoms. The molecule has 0 heterocycles. The van der Waals surface area contributed by atoms with Crippen molar-refractivity contribution in [3.63, 3.8) is 0 Å². The zero-order valence-electron chi connectivity index (χ0n) is 17.1. The number of benzene rings is 3. The van der Waals surface area contributed by atoms with E-state index in [2.05, 4.69) is 5.32 Å². The summed E-state index contributed by atoms with van der Waals surface area (Å²) < 4.78 is 72.9.